The van der Waals surface area contributed by atoms with E-state index >= 15 is 0 Å². The first-order chi connectivity index (χ1) is 9.66. The highest BCUT2D eigenvalue weighted by Crippen LogP contribution is 2.56. The Bertz CT molecular complexity index is 668. The second-order valence-electron chi connectivity index (χ2n) is 5.66. The lowest BCUT2D eigenvalue weighted by Gasteiger charge is -2.14. The van der Waals surface area contributed by atoms with Gasteiger partial charge in [-0.05, 0) is 31.6 Å². The Morgan fingerprint density at radius 2 is 2.25 bits per heavy atom. The number of aromatic nitrogens is 3. The number of nitrogens with zero attached hydrogens (tertiary/aromatic N) is 3. The van der Waals surface area contributed by atoms with E-state index in [0.29, 0.717) is 10.8 Å². The van der Waals surface area contributed by atoms with Crippen LogP contribution in [0.15, 0.2) is 18.6 Å². The Hall–Kier alpha value is -1.69. The van der Waals surface area contributed by atoms with E-state index in [2.05, 4.69) is 10.1 Å². The Morgan fingerprint density at radius 3 is 2.85 bits per heavy atom. The second-order valence-corrected chi connectivity index (χ2v) is 6.69. The van der Waals surface area contributed by atoms with Gasteiger partial charge in [0.2, 0.25) is 0 Å². The molecule has 0 aliphatic heterocycles. The fraction of sp³-hybridized carbons (Fsp3) is 0.500. The molecule has 0 radical (unpaired) electrons. The number of carbonyl (C=O) groups is 1. The summed E-state index contributed by atoms with van der Waals surface area (Å²) in [4.78, 5) is 17.1. The summed E-state index contributed by atoms with van der Waals surface area (Å²) < 4.78 is 7.45. The van der Waals surface area contributed by atoms with Gasteiger partial charge in [-0.1, -0.05) is 0 Å². The summed E-state index contributed by atoms with van der Waals surface area (Å²) in [5.74, 6) is 0.388. The summed E-state index contributed by atoms with van der Waals surface area (Å²) in [6.07, 6.45) is 9.71. The average molecular weight is 289 g/mol. The predicted octanol–water partition coefficient (Wildman–Crippen LogP) is 2.64. The fourth-order valence-electron chi connectivity index (χ4n) is 2.59. The first-order valence-electron chi connectivity index (χ1n) is 6.84. The molecule has 4 rings (SSSR count). The largest absolute Gasteiger partial charge is 0.455 e. The molecule has 0 unspecified atom stereocenters. The van der Waals surface area contributed by atoms with Gasteiger partial charge in [-0.3, -0.25) is 4.68 Å². The molecule has 2 saturated carbocycles. The van der Waals surface area contributed by atoms with Crippen molar-refractivity contribution in [1.82, 2.24) is 14.8 Å². The quantitative estimate of drug-likeness (QED) is 0.812. The van der Waals surface area contributed by atoms with Crippen molar-refractivity contribution in [2.24, 2.45) is 13.0 Å². The van der Waals surface area contributed by atoms with Crippen molar-refractivity contribution >= 4 is 17.3 Å². The maximum Gasteiger partial charge on any atom is 0.350 e. The third-order valence-corrected chi connectivity index (χ3v) is 5.05. The SMILES string of the molecule is Cn1cc(-c2ncc(C(=O)OC3(C4CC4)CC3)s2)cn1. The number of hydrogen-bond acceptors (Lipinski definition) is 5. The zero-order valence-electron chi connectivity index (χ0n) is 11.2. The Labute approximate surface area is 120 Å². The molecule has 2 aliphatic carbocycles. The first-order valence-corrected chi connectivity index (χ1v) is 7.66. The van der Waals surface area contributed by atoms with Crippen LogP contribution in [0.3, 0.4) is 0 Å². The molecular weight excluding hydrogens is 274 g/mol. The Morgan fingerprint density at radius 1 is 1.45 bits per heavy atom. The van der Waals surface area contributed by atoms with Gasteiger partial charge in [-0.2, -0.15) is 5.10 Å². The van der Waals surface area contributed by atoms with Crippen molar-refractivity contribution in [3.63, 3.8) is 0 Å². The summed E-state index contributed by atoms with van der Waals surface area (Å²) in [5.41, 5.74) is 0.801. The number of aryl methyl sites for hydroxylation is 1. The topological polar surface area (TPSA) is 57.0 Å². The van der Waals surface area contributed by atoms with E-state index in [-0.39, 0.29) is 11.6 Å². The van der Waals surface area contributed by atoms with Gasteiger partial charge in [0.25, 0.3) is 0 Å². The molecule has 20 heavy (non-hydrogen) atoms. The zero-order chi connectivity index (χ0) is 13.7. The van der Waals surface area contributed by atoms with Crippen molar-refractivity contribution in [2.75, 3.05) is 0 Å². The highest BCUT2D eigenvalue weighted by Gasteiger charge is 2.57. The standard InChI is InChI=1S/C14H15N3O2S/c1-17-8-9(6-16-17)12-15-7-11(20-12)13(18)19-14(4-5-14)10-2-3-10/h6-8,10H,2-5H2,1H3. The number of rotatable bonds is 4. The van der Waals surface area contributed by atoms with Gasteiger partial charge < -0.3 is 4.74 Å². The minimum atomic E-state index is -0.220. The lowest BCUT2D eigenvalue weighted by Crippen LogP contribution is -2.21. The number of hydrogen-bond donors (Lipinski definition) is 0. The van der Waals surface area contributed by atoms with Crippen LogP contribution in [0, 0.1) is 5.92 Å². The van der Waals surface area contributed by atoms with Crippen LogP contribution < -0.4 is 0 Å². The third-order valence-electron chi connectivity index (χ3n) is 4.02. The van der Waals surface area contributed by atoms with Gasteiger partial charge in [-0.15, -0.1) is 11.3 Å². The van der Waals surface area contributed by atoms with Gasteiger partial charge in [0.15, 0.2) is 0 Å². The van der Waals surface area contributed by atoms with E-state index in [1.807, 2.05) is 13.2 Å². The lowest BCUT2D eigenvalue weighted by atomic mass is 10.2. The van der Waals surface area contributed by atoms with E-state index in [9.17, 15) is 4.79 Å². The van der Waals surface area contributed by atoms with Crippen molar-refractivity contribution in [2.45, 2.75) is 31.3 Å². The monoisotopic (exact) mass is 289 g/mol. The number of ether oxygens (including phenoxy) is 1. The number of esters is 1. The van der Waals surface area contributed by atoms with Crippen LogP contribution in [0.4, 0.5) is 0 Å². The highest BCUT2D eigenvalue weighted by atomic mass is 32.1. The average Bonchev–Trinajstić information content (AvgIpc) is 3.31. The summed E-state index contributed by atoms with van der Waals surface area (Å²) in [5, 5.41) is 4.92. The third kappa shape index (κ3) is 2.04. The van der Waals surface area contributed by atoms with E-state index < -0.39 is 0 Å². The molecule has 2 aliphatic rings. The molecule has 2 heterocycles. The first kappa shape index (κ1) is 12.1. The van der Waals surface area contributed by atoms with Crippen LogP contribution in [0.5, 0.6) is 0 Å². The Balaban J connectivity index is 1.51. The van der Waals surface area contributed by atoms with Crippen LogP contribution in [-0.4, -0.2) is 26.3 Å². The van der Waals surface area contributed by atoms with E-state index in [1.165, 1.54) is 24.2 Å². The molecule has 104 valence electrons. The number of thiazole rings is 1. The van der Waals surface area contributed by atoms with Gasteiger partial charge in [0, 0.05) is 18.8 Å². The second kappa shape index (κ2) is 4.15. The van der Waals surface area contributed by atoms with Gasteiger partial charge in [0.1, 0.15) is 15.5 Å². The van der Waals surface area contributed by atoms with E-state index in [4.69, 9.17) is 4.74 Å². The molecule has 0 atom stereocenters. The Kier molecular flexibility index (Phi) is 2.51. The zero-order valence-corrected chi connectivity index (χ0v) is 12.0. The smallest absolute Gasteiger partial charge is 0.350 e. The minimum Gasteiger partial charge on any atom is -0.455 e. The molecule has 2 aromatic rings. The molecule has 2 fully saturated rings. The van der Waals surface area contributed by atoms with Crippen molar-refractivity contribution < 1.29 is 9.53 Å². The summed E-state index contributed by atoms with van der Waals surface area (Å²) in [6.45, 7) is 0. The van der Waals surface area contributed by atoms with Gasteiger partial charge in [-0.25, -0.2) is 9.78 Å². The van der Waals surface area contributed by atoms with Crippen molar-refractivity contribution in [3.05, 3.63) is 23.5 Å². The van der Waals surface area contributed by atoms with Crippen LogP contribution >= 0.6 is 11.3 Å². The van der Waals surface area contributed by atoms with Crippen molar-refractivity contribution in [3.8, 4) is 10.6 Å². The maximum absolute atomic E-state index is 12.2. The van der Waals surface area contributed by atoms with Gasteiger partial charge in [0.05, 0.1) is 12.4 Å². The minimum absolute atomic E-state index is 0.129. The molecule has 0 saturated heterocycles. The van der Waals surface area contributed by atoms with Crippen LogP contribution in [0.2, 0.25) is 0 Å². The molecule has 6 heteroatoms. The summed E-state index contributed by atoms with van der Waals surface area (Å²) >= 11 is 1.37. The molecule has 0 amide bonds. The predicted molar refractivity (Wildman–Crippen MR) is 74.4 cm³/mol. The highest BCUT2D eigenvalue weighted by molar-refractivity contribution is 7.16. The summed E-state index contributed by atoms with van der Waals surface area (Å²) in [6, 6.07) is 0. The molecule has 0 bridgehead atoms. The molecule has 5 nitrogen and oxygen atoms in total. The normalized spacial score (nSPS) is 19.9. The van der Waals surface area contributed by atoms with Crippen LogP contribution in [0.25, 0.3) is 10.6 Å². The van der Waals surface area contributed by atoms with Crippen molar-refractivity contribution in [1.29, 1.82) is 0 Å². The summed E-state index contributed by atoms with van der Waals surface area (Å²) in [7, 11) is 1.86. The van der Waals surface area contributed by atoms with Gasteiger partial charge >= 0.3 is 5.97 Å². The van der Waals surface area contributed by atoms with E-state index in [1.54, 1.807) is 17.1 Å². The molecular formula is C14H15N3O2S. The lowest BCUT2D eigenvalue weighted by molar-refractivity contribution is 0.0166. The molecule has 0 N–H and O–H groups in total. The molecule has 2 aromatic heterocycles. The fourth-order valence-corrected chi connectivity index (χ4v) is 3.36. The number of carbonyl (C=O) groups excluding carboxylic acids is 1. The molecule has 0 aromatic carbocycles. The van der Waals surface area contributed by atoms with Crippen LogP contribution in [-0.2, 0) is 11.8 Å². The van der Waals surface area contributed by atoms with E-state index in [0.717, 1.165) is 23.4 Å². The van der Waals surface area contributed by atoms with Crippen LogP contribution in [0.1, 0.15) is 35.4 Å². The molecule has 0 spiro atoms. The maximum atomic E-state index is 12.2.